The van der Waals surface area contributed by atoms with Crippen LogP contribution in [0.3, 0.4) is 0 Å². The predicted octanol–water partition coefficient (Wildman–Crippen LogP) is 2.30. The second kappa shape index (κ2) is 4.17. The van der Waals surface area contributed by atoms with Crippen LogP contribution in [0, 0.1) is 0 Å². The zero-order chi connectivity index (χ0) is 8.27. The molecule has 1 nitrogen and oxygen atoms in total. The van der Waals surface area contributed by atoms with Crippen LogP contribution in [0.25, 0.3) is 0 Å². The van der Waals surface area contributed by atoms with Crippen molar-refractivity contribution in [2.45, 2.75) is 32.1 Å². The van der Waals surface area contributed by atoms with Gasteiger partial charge in [-0.1, -0.05) is 18.6 Å². The van der Waals surface area contributed by atoms with Crippen molar-refractivity contribution < 1.29 is 0 Å². The summed E-state index contributed by atoms with van der Waals surface area (Å²) >= 11 is 4.42. The SMILES string of the molecule is CCC1=CCCN(C(C)S)C1. The maximum absolute atomic E-state index is 4.42. The van der Waals surface area contributed by atoms with Gasteiger partial charge < -0.3 is 0 Å². The fourth-order valence-electron chi connectivity index (χ4n) is 1.41. The molecule has 11 heavy (non-hydrogen) atoms. The van der Waals surface area contributed by atoms with Crippen LogP contribution in [0.4, 0.5) is 0 Å². The van der Waals surface area contributed by atoms with Gasteiger partial charge in [-0.3, -0.25) is 4.90 Å². The highest BCUT2D eigenvalue weighted by Crippen LogP contribution is 2.15. The van der Waals surface area contributed by atoms with Crippen LogP contribution < -0.4 is 0 Å². The van der Waals surface area contributed by atoms with Crippen molar-refractivity contribution in [2.75, 3.05) is 13.1 Å². The average Bonchev–Trinajstić information content (AvgIpc) is 2.05. The Balaban J connectivity index is 2.46. The fourth-order valence-corrected chi connectivity index (χ4v) is 1.61. The van der Waals surface area contributed by atoms with Crippen molar-refractivity contribution in [3.05, 3.63) is 11.6 Å². The summed E-state index contributed by atoms with van der Waals surface area (Å²) in [5, 5.41) is 0.408. The van der Waals surface area contributed by atoms with Crippen LogP contribution in [0.5, 0.6) is 0 Å². The Bertz CT molecular complexity index is 152. The largest absolute Gasteiger partial charge is 0.288 e. The van der Waals surface area contributed by atoms with Crippen molar-refractivity contribution in [1.82, 2.24) is 4.90 Å². The molecule has 2 heteroatoms. The van der Waals surface area contributed by atoms with E-state index in [9.17, 15) is 0 Å². The number of nitrogens with zero attached hydrogens (tertiary/aromatic N) is 1. The molecule has 0 saturated heterocycles. The van der Waals surface area contributed by atoms with Gasteiger partial charge in [0.15, 0.2) is 0 Å². The van der Waals surface area contributed by atoms with E-state index in [-0.39, 0.29) is 0 Å². The summed E-state index contributed by atoms with van der Waals surface area (Å²) in [7, 11) is 0. The van der Waals surface area contributed by atoms with Gasteiger partial charge in [-0.05, 0) is 19.8 Å². The lowest BCUT2D eigenvalue weighted by Gasteiger charge is -2.29. The number of thiol groups is 1. The lowest BCUT2D eigenvalue weighted by atomic mass is 10.1. The third-order valence-corrected chi connectivity index (χ3v) is 2.56. The van der Waals surface area contributed by atoms with Crippen molar-refractivity contribution in [1.29, 1.82) is 0 Å². The third kappa shape index (κ3) is 2.53. The molecular weight excluding hydrogens is 154 g/mol. The predicted molar refractivity (Wildman–Crippen MR) is 53.0 cm³/mol. The van der Waals surface area contributed by atoms with Crippen LogP contribution in [0.15, 0.2) is 11.6 Å². The van der Waals surface area contributed by atoms with Crippen molar-refractivity contribution in [3.8, 4) is 0 Å². The standard InChI is InChI=1S/C9H17NS/c1-3-9-5-4-6-10(7-9)8(2)11/h5,8,11H,3-4,6-7H2,1-2H3. The lowest BCUT2D eigenvalue weighted by molar-refractivity contribution is 0.282. The Labute approximate surface area is 74.9 Å². The molecule has 1 heterocycles. The Morgan fingerprint density at radius 1 is 1.73 bits per heavy atom. The number of hydrogen-bond acceptors (Lipinski definition) is 2. The smallest absolute Gasteiger partial charge is 0.0502 e. The Kier molecular flexibility index (Phi) is 3.46. The fraction of sp³-hybridized carbons (Fsp3) is 0.778. The molecule has 0 aliphatic carbocycles. The van der Waals surface area contributed by atoms with E-state index in [0.29, 0.717) is 5.37 Å². The monoisotopic (exact) mass is 171 g/mol. The summed E-state index contributed by atoms with van der Waals surface area (Å²) in [6, 6.07) is 0. The average molecular weight is 171 g/mol. The van der Waals surface area contributed by atoms with E-state index in [1.165, 1.54) is 19.4 Å². The van der Waals surface area contributed by atoms with Crippen molar-refractivity contribution in [2.24, 2.45) is 0 Å². The minimum absolute atomic E-state index is 0.408. The van der Waals surface area contributed by atoms with Gasteiger partial charge in [-0.15, -0.1) is 0 Å². The molecule has 0 bridgehead atoms. The van der Waals surface area contributed by atoms with E-state index < -0.39 is 0 Å². The summed E-state index contributed by atoms with van der Waals surface area (Å²) in [5.74, 6) is 0. The van der Waals surface area contributed by atoms with E-state index in [0.717, 1.165) is 6.54 Å². The zero-order valence-corrected chi connectivity index (χ0v) is 8.27. The van der Waals surface area contributed by atoms with Crippen molar-refractivity contribution in [3.63, 3.8) is 0 Å². The molecule has 1 aliphatic heterocycles. The summed E-state index contributed by atoms with van der Waals surface area (Å²) in [6.07, 6.45) is 4.76. The van der Waals surface area contributed by atoms with Crippen molar-refractivity contribution >= 4 is 12.6 Å². The summed E-state index contributed by atoms with van der Waals surface area (Å²) in [5.41, 5.74) is 1.57. The molecule has 0 saturated carbocycles. The van der Waals surface area contributed by atoms with E-state index in [1.807, 2.05) is 0 Å². The third-order valence-electron chi connectivity index (χ3n) is 2.24. The molecule has 0 radical (unpaired) electrons. The molecule has 64 valence electrons. The molecule has 0 aromatic heterocycles. The number of hydrogen-bond donors (Lipinski definition) is 1. The highest BCUT2D eigenvalue weighted by atomic mass is 32.1. The molecule has 0 aromatic rings. The van der Waals surface area contributed by atoms with Crippen LogP contribution in [0.2, 0.25) is 0 Å². The minimum Gasteiger partial charge on any atom is -0.288 e. The van der Waals surface area contributed by atoms with Crippen LogP contribution in [-0.2, 0) is 0 Å². The maximum Gasteiger partial charge on any atom is 0.0502 e. The number of rotatable bonds is 2. The summed E-state index contributed by atoms with van der Waals surface area (Å²) < 4.78 is 0. The molecule has 1 atom stereocenters. The normalized spacial score (nSPS) is 23.0. The Hall–Kier alpha value is 0.0500. The lowest BCUT2D eigenvalue weighted by Crippen LogP contribution is -2.34. The topological polar surface area (TPSA) is 3.24 Å². The molecule has 0 aromatic carbocycles. The molecule has 1 unspecified atom stereocenters. The second-order valence-electron chi connectivity index (χ2n) is 3.11. The van der Waals surface area contributed by atoms with Gasteiger partial charge in [0.05, 0.1) is 5.37 Å². The minimum atomic E-state index is 0.408. The molecule has 0 fully saturated rings. The van der Waals surface area contributed by atoms with Gasteiger partial charge in [0.25, 0.3) is 0 Å². The molecule has 0 N–H and O–H groups in total. The Morgan fingerprint density at radius 3 is 3.00 bits per heavy atom. The highest BCUT2D eigenvalue weighted by molar-refractivity contribution is 7.80. The van der Waals surface area contributed by atoms with Crippen LogP contribution in [-0.4, -0.2) is 23.4 Å². The zero-order valence-electron chi connectivity index (χ0n) is 7.38. The first kappa shape index (κ1) is 9.14. The molecule has 1 aliphatic rings. The van der Waals surface area contributed by atoms with Crippen LogP contribution >= 0.6 is 12.6 Å². The molecule has 0 amide bonds. The van der Waals surface area contributed by atoms with Gasteiger partial charge in [0, 0.05) is 13.1 Å². The first-order chi connectivity index (χ1) is 5.24. The quantitative estimate of drug-likeness (QED) is 0.493. The molecular formula is C9H17NS. The molecule has 1 rings (SSSR count). The summed E-state index contributed by atoms with van der Waals surface area (Å²) in [4.78, 5) is 2.40. The summed E-state index contributed by atoms with van der Waals surface area (Å²) in [6.45, 7) is 6.66. The highest BCUT2D eigenvalue weighted by Gasteiger charge is 2.13. The Morgan fingerprint density at radius 2 is 2.45 bits per heavy atom. The van der Waals surface area contributed by atoms with E-state index in [4.69, 9.17) is 0 Å². The molecule has 0 spiro atoms. The van der Waals surface area contributed by atoms with Gasteiger partial charge >= 0.3 is 0 Å². The first-order valence-electron chi connectivity index (χ1n) is 4.34. The first-order valence-corrected chi connectivity index (χ1v) is 4.85. The van der Waals surface area contributed by atoms with E-state index in [2.05, 4.69) is 37.5 Å². The van der Waals surface area contributed by atoms with Gasteiger partial charge in [-0.25, -0.2) is 0 Å². The van der Waals surface area contributed by atoms with Crippen LogP contribution in [0.1, 0.15) is 26.7 Å². The second-order valence-corrected chi connectivity index (χ2v) is 3.85. The van der Waals surface area contributed by atoms with E-state index in [1.54, 1.807) is 5.57 Å². The van der Waals surface area contributed by atoms with Gasteiger partial charge in [0.1, 0.15) is 0 Å². The maximum atomic E-state index is 4.42. The van der Waals surface area contributed by atoms with Gasteiger partial charge in [0.2, 0.25) is 0 Å². The van der Waals surface area contributed by atoms with Gasteiger partial charge in [-0.2, -0.15) is 12.6 Å². The van der Waals surface area contributed by atoms with E-state index >= 15 is 0 Å².